The van der Waals surface area contributed by atoms with Crippen LogP contribution in [0.5, 0.6) is 0 Å². The van der Waals surface area contributed by atoms with E-state index in [1.807, 2.05) is 12.1 Å². The molecule has 1 fully saturated rings. The fraction of sp³-hybridized carbons (Fsp3) is 0.667. The highest BCUT2D eigenvalue weighted by Crippen LogP contribution is 2.25. The third-order valence-corrected chi connectivity index (χ3v) is 3.11. The van der Waals surface area contributed by atoms with Crippen molar-refractivity contribution in [3.05, 3.63) is 24.2 Å². The Morgan fingerprint density at radius 2 is 2.47 bits per heavy atom. The monoisotopic (exact) mass is 208 g/mol. The van der Waals surface area contributed by atoms with Crippen LogP contribution in [0.15, 0.2) is 22.8 Å². The summed E-state index contributed by atoms with van der Waals surface area (Å²) >= 11 is 0. The standard InChI is InChI=1S/C12H20N2O/c1-12(5-6-13-9-12)10-14(2)8-11-4-3-7-15-11/h3-4,7,13H,5-6,8-10H2,1-2H3. The highest BCUT2D eigenvalue weighted by Gasteiger charge is 2.29. The van der Waals surface area contributed by atoms with E-state index < -0.39 is 0 Å². The second-order valence-electron chi connectivity index (χ2n) is 4.99. The Morgan fingerprint density at radius 1 is 1.60 bits per heavy atom. The topological polar surface area (TPSA) is 28.4 Å². The van der Waals surface area contributed by atoms with Crippen molar-refractivity contribution in [1.82, 2.24) is 10.2 Å². The minimum absolute atomic E-state index is 0.432. The third-order valence-electron chi connectivity index (χ3n) is 3.11. The molecule has 0 radical (unpaired) electrons. The lowest BCUT2D eigenvalue weighted by atomic mass is 9.89. The molecule has 0 bridgehead atoms. The second kappa shape index (κ2) is 4.37. The number of nitrogens with one attached hydrogen (secondary N) is 1. The number of rotatable bonds is 4. The molecule has 2 heterocycles. The van der Waals surface area contributed by atoms with Crippen molar-refractivity contribution >= 4 is 0 Å². The van der Waals surface area contributed by atoms with Crippen LogP contribution in [0, 0.1) is 5.41 Å². The van der Waals surface area contributed by atoms with Crippen molar-refractivity contribution < 1.29 is 4.42 Å². The molecule has 3 heteroatoms. The molecular formula is C12H20N2O. The fourth-order valence-corrected chi connectivity index (χ4v) is 2.38. The van der Waals surface area contributed by atoms with Gasteiger partial charge in [0.2, 0.25) is 0 Å². The van der Waals surface area contributed by atoms with Crippen molar-refractivity contribution in [2.24, 2.45) is 5.41 Å². The van der Waals surface area contributed by atoms with Crippen molar-refractivity contribution in [3.63, 3.8) is 0 Å². The summed E-state index contributed by atoms with van der Waals surface area (Å²) in [6.45, 7) is 6.68. The largest absolute Gasteiger partial charge is 0.468 e. The van der Waals surface area contributed by atoms with Crippen molar-refractivity contribution in [2.75, 3.05) is 26.7 Å². The van der Waals surface area contributed by atoms with E-state index in [0.717, 1.165) is 31.9 Å². The van der Waals surface area contributed by atoms with E-state index in [4.69, 9.17) is 4.42 Å². The van der Waals surface area contributed by atoms with Crippen LogP contribution in [0.25, 0.3) is 0 Å². The van der Waals surface area contributed by atoms with Crippen LogP contribution in [0.4, 0.5) is 0 Å². The minimum atomic E-state index is 0.432. The van der Waals surface area contributed by atoms with Crippen LogP contribution in [0.2, 0.25) is 0 Å². The van der Waals surface area contributed by atoms with Gasteiger partial charge in [-0.15, -0.1) is 0 Å². The molecule has 1 aromatic rings. The number of furan rings is 1. The van der Waals surface area contributed by atoms with E-state index in [1.165, 1.54) is 6.42 Å². The Labute approximate surface area is 91.4 Å². The van der Waals surface area contributed by atoms with E-state index in [9.17, 15) is 0 Å². The molecule has 1 saturated heterocycles. The zero-order valence-corrected chi connectivity index (χ0v) is 9.62. The lowest BCUT2D eigenvalue weighted by Crippen LogP contribution is -2.34. The van der Waals surface area contributed by atoms with Gasteiger partial charge in [-0.05, 0) is 37.6 Å². The Bertz CT molecular complexity index is 289. The molecule has 1 aromatic heterocycles. The van der Waals surface area contributed by atoms with Crippen LogP contribution >= 0.6 is 0 Å². The maximum Gasteiger partial charge on any atom is 0.117 e. The maximum atomic E-state index is 5.34. The maximum absolute atomic E-state index is 5.34. The quantitative estimate of drug-likeness (QED) is 0.816. The summed E-state index contributed by atoms with van der Waals surface area (Å²) in [6, 6.07) is 3.98. The molecule has 2 rings (SSSR count). The molecular weight excluding hydrogens is 188 g/mol. The number of hydrogen-bond donors (Lipinski definition) is 1. The molecule has 15 heavy (non-hydrogen) atoms. The fourth-order valence-electron chi connectivity index (χ4n) is 2.38. The average Bonchev–Trinajstić information content (AvgIpc) is 2.76. The molecule has 1 unspecified atom stereocenters. The van der Waals surface area contributed by atoms with Gasteiger partial charge in [0.15, 0.2) is 0 Å². The normalized spacial score (nSPS) is 26.3. The van der Waals surface area contributed by atoms with Gasteiger partial charge in [0, 0.05) is 13.1 Å². The Morgan fingerprint density at radius 3 is 3.07 bits per heavy atom. The van der Waals surface area contributed by atoms with Gasteiger partial charge in [-0.25, -0.2) is 0 Å². The first-order valence-electron chi connectivity index (χ1n) is 5.60. The molecule has 1 N–H and O–H groups in total. The smallest absolute Gasteiger partial charge is 0.117 e. The summed E-state index contributed by atoms with van der Waals surface area (Å²) in [5.41, 5.74) is 0.432. The summed E-state index contributed by atoms with van der Waals surface area (Å²) in [4.78, 5) is 2.34. The van der Waals surface area contributed by atoms with Gasteiger partial charge in [0.25, 0.3) is 0 Å². The van der Waals surface area contributed by atoms with E-state index in [2.05, 4.69) is 24.2 Å². The van der Waals surface area contributed by atoms with E-state index in [-0.39, 0.29) is 0 Å². The van der Waals surface area contributed by atoms with Gasteiger partial charge in [0.05, 0.1) is 12.8 Å². The molecule has 0 amide bonds. The first kappa shape index (κ1) is 10.7. The third kappa shape index (κ3) is 2.83. The highest BCUT2D eigenvalue weighted by molar-refractivity contribution is 4.98. The first-order chi connectivity index (χ1) is 7.18. The van der Waals surface area contributed by atoms with Crippen LogP contribution in [0.1, 0.15) is 19.1 Å². The molecule has 1 aliphatic rings. The summed E-state index contributed by atoms with van der Waals surface area (Å²) in [6.07, 6.45) is 3.01. The number of hydrogen-bond acceptors (Lipinski definition) is 3. The Balaban J connectivity index is 1.84. The molecule has 1 aliphatic heterocycles. The van der Waals surface area contributed by atoms with Crippen LogP contribution in [0.3, 0.4) is 0 Å². The van der Waals surface area contributed by atoms with Gasteiger partial charge in [0.1, 0.15) is 5.76 Å². The summed E-state index contributed by atoms with van der Waals surface area (Å²) < 4.78 is 5.34. The molecule has 0 aliphatic carbocycles. The second-order valence-corrected chi connectivity index (χ2v) is 4.99. The van der Waals surface area contributed by atoms with Gasteiger partial charge >= 0.3 is 0 Å². The van der Waals surface area contributed by atoms with Crippen molar-refractivity contribution in [3.8, 4) is 0 Å². The first-order valence-corrected chi connectivity index (χ1v) is 5.60. The lowest BCUT2D eigenvalue weighted by molar-refractivity contribution is 0.192. The predicted molar refractivity (Wildman–Crippen MR) is 60.6 cm³/mol. The summed E-state index contributed by atoms with van der Waals surface area (Å²) in [5.74, 6) is 1.05. The van der Waals surface area contributed by atoms with Gasteiger partial charge in [-0.1, -0.05) is 6.92 Å². The highest BCUT2D eigenvalue weighted by atomic mass is 16.3. The molecule has 1 atom stereocenters. The van der Waals surface area contributed by atoms with E-state index in [0.29, 0.717) is 5.41 Å². The Hall–Kier alpha value is -0.800. The molecule has 84 valence electrons. The summed E-state index contributed by atoms with van der Waals surface area (Å²) in [5, 5.41) is 3.43. The predicted octanol–water partition coefficient (Wildman–Crippen LogP) is 1.71. The minimum Gasteiger partial charge on any atom is -0.468 e. The van der Waals surface area contributed by atoms with E-state index >= 15 is 0 Å². The van der Waals surface area contributed by atoms with Crippen LogP contribution < -0.4 is 5.32 Å². The van der Waals surface area contributed by atoms with Gasteiger partial charge in [-0.3, -0.25) is 4.90 Å². The molecule has 3 nitrogen and oxygen atoms in total. The van der Waals surface area contributed by atoms with Crippen LogP contribution in [-0.4, -0.2) is 31.6 Å². The van der Waals surface area contributed by atoms with Crippen LogP contribution in [-0.2, 0) is 6.54 Å². The Kier molecular flexibility index (Phi) is 3.12. The molecule has 0 saturated carbocycles. The lowest BCUT2D eigenvalue weighted by Gasteiger charge is -2.28. The summed E-state index contributed by atoms with van der Waals surface area (Å²) in [7, 11) is 2.16. The zero-order chi connectivity index (χ0) is 10.7. The zero-order valence-electron chi connectivity index (χ0n) is 9.62. The van der Waals surface area contributed by atoms with Crippen molar-refractivity contribution in [1.29, 1.82) is 0 Å². The number of nitrogens with zero attached hydrogens (tertiary/aromatic N) is 1. The van der Waals surface area contributed by atoms with Crippen molar-refractivity contribution in [2.45, 2.75) is 19.9 Å². The SMILES string of the molecule is CN(Cc1ccco1)CC1(C)CCNC1. The van der Waals surface area contributed by atoms with E-state index in [1.54, 1.807) is 6.26 Å². The van der Waals surface area contributed by atoms with Gasteiger partial charge in [-0.2, -0.15) is 0 Å². The molecule has 0 spiro atoms. The van der Waals surface area contributed by atoms with Gasteiger partial charge < -0.3 is 9.73 Å². The average molecular weight is 208 g/mol. The molecule has 0 aromatic carbocycles.